The summed E-state index contributed by atoms with van der Waals surface area (Å²) in [5.74, 6) is -0.559. The van der Waals surface area contributed by atoms with Crippen molar-refractivity contribution in [2.45, 2.75) is 56.7 Å². The molecule has 2 nitrogen and oxygen atoms in total. The second-order valence-corrected chi connectivity index (χ2v) is 7.63. The number of halogens is 2. The molecular weight excluding hydrogens is 259 g/mol. The normalized spacial score (nSPS) is 33.1. The molecule has 1 N–H and O–H groups in total. The van der Waals surface area contributed by atoms with E-state index in [1.807, 2.05) is 13.8 Å². The first-order valence-electron chi connectivity index (χ1n) is 6.35. The monoisotopic (exact) mass is 278 g/mol. The van der Waals surface area contributed by atoms with Crippen molar-refractivity contribution in [3.8, 4) is 0 Å². The predicted octanol–water partition coefficient (Wildman–Crippen LogP) is 4.24. The van der Waals surface area contributed by atoms with Crippen molar-refractivity contribution in [2.75, 3.05) is 0 Å². The second kappa shape index (κ2) is 4.03. The molecule has 2 rings (SSSR count). The Kier molecular flexibility index (Phi) is 3.19. The Morgan fingerprint density at radius 3 is 2.06 bits per heavy atom. The van der Waals surface area contributed by atoms with Gasteiger partial charge in [0, 0.05) is 11.3 Å². The number of carboxylic acids is 1. The van der Waals surface area contributed by atoms with Crippen LogP contribution in [0.3, 0.4) is 0 Å². The van der Waals surface area contributed by atoms with Gasteiger partial charge in [0.2, 0.25) is 0 Å². The first kappa shape index (κ1) is 13.5. The van der Waals surface area contributed by atoms with Crippen molar-refractivity contribution in [1.82, 2.24) is 0 Å². The molecule has 2 saturated carbocycles. The number of carbonyl (C=O) groups is 1. The van der Waals surface area contributed by atoms with E-state index in [-0.39, 0.29) is 11.3 Å². The maximum atomic E-state index is 11.6. The van der Waals surface area contributed by atoms with Crippen LogP contribution in [0.1, 0.15) is 52.4 Å². The third-order valence-corrected chi connectivity index (χ3v) is 6.44. The topological polar surface area (TPSA) is 37.3 Å². The predicted molar refractivity (Wildman–Crippen MR) is 69.5 cm³/mol. The van der Waals surface area contributed by atoms with E-state index in [0.29, 0.717) is 6.42 Å². The van der Waals surface area contributed by atoms with Crippen LogP contribution in [0.15, 0.2) is 0 Å². The lowest BCUT2D eigenvalue weighted by Gasteiger charge is -2.33. The van der Waals surface area contributed by atoms with Gasteiger partial charge in [-0.05, 0) is 19.3 Å². The largest absolute Gasteiger partial charge is 0.481 e. The van der Waals surface area contributed by atoms with Gasteiger partial charge in [-0.3, -0.25) is 4.79 Å². The van der Waals surface area contributed by atoms with E-state index in [2.05, 4.69) is 0 Å². The minimum atomic E-state index is -0.743. The van der Waals surface area contributed by atoms with Crippen molar-refractivity contribution in [3.63, 3.8) is 0 Å². The molecular formula is C13H20Cl2O2. The summed E-state index contributed by atoms with van der Waals surface area (Å²) in [5.41, 5.74) is -0.734. The zero-order valence-corrected chi connectivity index (χ0v) is 11.9. The molecule has 0 aliphatic heterocycles. The number of hydrogen-bond acceptors (Lipinski definition) is 1. The number of aliphatic carboxylic acids is 1. The molecule has 0 spiro atoms. The Bertz CT molecular complexity index is 316. The number of rotatable bonds is 3. The minimum Gasteiger partial charge on any atom is -0.481 e. The van der Waals surface area contributed by atoms with Crippen molar-refractivity contribution in [3.05, 3.63) is 0 Å². The summed E-state index contributed by atoms with van der Waals surface area (Å²) in [5, 5.41) is 9.52. The summed E-state index contributed by atoms with van der Waals surface area (Å²) in [6.07, 6.45) is 5.35. The fourth-order valence-corrected chi connectivity index (χ4v) is 4.12. The number of alkyl halides is 2. The van der Waals surface area contributed by atoms with Gasteiger partial charge in [0.25, 0.3) is 0 Å². The smallest absolute Gasteiger partial charge is 0.309 e. The van der Waals surface area contributed by atoms with Gasteiger partial charge in [-0.25, -0.2) is 0 Å². The van der Waals surface area contributed by atoms with Gasteiger partial charge in [0.15, 0.2) is 0 Å². The molecule has 1 atom stereocenters. The summed E-state index contributed by atoms with van der Waals surface area (Å²) < 4.78 is -0.743. The summed E-state index contributed by atoms with van der Waals surface area (Å²) in [7, 11) is 0. The summed E-state index contributed by atoms with van der Waals surface area (Å²) in [6, 6.07) is 0. The average Bonchev–Trinajstić information content (AvgIpc) is 2.62. The van der Waals surface area contributed by atoms with E-state index in [1.54, 1.807) is 0 Å². The van der Waals surface area contributed by atoms with E-state index in [0.717, 1.165) is 32.1 Å². The molecule has 0 aromatic carbocycles. The minimum absolute atomic E-state index is 0.104. The molecule has 0 saturated heterocycles. The van der Waals surface area contributed by atoms with Gasteiger partial charge < -0.3 is 5.11 Å². The fraction of sp³-hybridized carbons (Fsp3) is 0.923. The molecule has 0 bridgehead atoms. The standard InChI is InChI=1S/C13H20Cl2O2/c1-11(2)9(13(11,14)15)8-12(10(16)17)6-4-3-5-7-12/h9H,3-8H2,1-2H3,(H,16,17). The van der Waals surface area contributed by atoms with E-state index >= 15 is 0 Å². The quantitative estimate of drug-likeness (QED) is 0.784. The highest BCUT2D eigenvalue weighted by molar-refractivity contribution is 6.51. The Morgan fingerprint density at radius 2 is 1.71 bits per heavy atom. The van der Waals surface area contributed by atoms with E-state index in [9.17, 15) is 9.90 Å². The Labute approximate surface area is 113 Å². The van der Waals surface area contributed by atoms with Crippen LogP contribution in [0.2, 0.25) is 0 Å². The van der Waals surface area contributed by atoms with Gasteiger partial charge in [-0.15, -0.1) is 23.2 Å². The van der Waals surface area contributed by atoms with Crippen molar-refractivity contribution in [2.24, 2.45) is 16.7 Å². The lowest BCUT2D eigenvalue weighted by Crippen LogP contribution is -2.34. The van der Waals surface area contributed by atoms with Gasteiger partial charge >= 0.3 is 5.97 Å². The first-order valence-corrected chi connectivity index (χ1v) is 7.11. The molecule has 1 unspecified atom stereocenters. The van der Waals surface area contributed by atoms with Crippen LogP contribution in [-0.4, -0.2) is 15.4 Å². The third kappa shape index (κ3) is 1.98. The van der Waals surface area contributed by atoms with E-state index in [1.165, 1.54) is 0 Å². The zero-order chi connectivity index (χ0) is 12.9. The molecule has 98 valence electrons. The Balaban J connectivity index is 2.13. The molecule has 0 aromatic rings. The molecule has 0 radical (unpaired) electrons. The van der Waals surface area contributed by atoms with Gasteiger partial charge in [-0.1, -0.05) is 33.1 Å². The van der Waals surface area contributed by atoms with E-state index in [4.69, 9.17) is 23.2 Å². The fourth-order valence-electron chi connectivity index (χ4n) is 3.27. The highest BCUT2D eigenvalue weighted by atomic mass is 35.5. The van der Waals surface area contributed by atoms with Crippen molar-refractivity contribution < 1.29 is 9.90 Å². The average molecular weight is 279 g/mol. The zero-order valence-electron chi connectivity index (χ0n) is 10.4. The molecule has 2 aliphatic carbocycles. The molecule has 0 heterocycles. The van der Waals surface area contributed by atoms with Crippen LogP contribution in [0.4, 0.5) is 0 Å². The van der Waals surface area contributed by atoms with Crippen LogP contribution in [0.25, 0.3) is 0 Å². The highest BCUT2D eigenvalue weighted by Gasteiger charge is 2.71. The van der Waals surface area contributed by atoms with Gasteiger partial charge in [-0.2, -0.15) is 0 Å². The lowest BCUT2D eigenvalue weighted by atomic mass is 9.70. The van der Waals surface area contributed by atoms with Crippen LogP contribution in [-0.2, 0) is 4.79 Å². The lowest BCUT2D eigenvalue weighted by molar-refractivity contribution is -0.152. The molecule has 2 fully saturated rings. The van der Waals surface area contributed by atoms with Gasteiger partial charge in [0.05, 0.1) is 5.41 Å². The van der Waals surface area contributed by atoms with Crippen LogP contribution >= 0.6 is 23.2 Å². The van der Waals surface area contributed by atoms with Crippen LogP contribution < -0.4 is 0 Å². The molecule has 17 heavy (non-hydrogen) atoms. The third-order valence-electron chi connectivity index (χ3n) is 4.94. The maximum absolute atomic E-state index is 11.6. The first-order chi connectivity index (χ1) is 7.74. The summed E-state index contributed by atoms with van der Waals surface area (Å²) >= 11 is 12.5. The highest BCUT2D eigenvalue weighted by Crippen LogP contribution is 2.72. The molecule has 4 heteroatoms. The Morgan fingerprint density at radius 1 is 1.24 bits per heavy atom. The molecule has 0 amide bonds. The SMILES string of the molecule is CC1(C)C(CC2(C(=O)O)CCCCC2)C1(Cl)Cl. The summed E-state index contributed by atoms with van der Waals surface area (Å²) in [4.78, 5) is 11.6. The maximum Gasteiger partial charge on any atom is 0.309 e. The molecule has 2 aliphatic rings. The van der Waals surface area contributed by atoms with Crippen LogP contribution in [0.5, 0.6) is 0 Å². The molecule has 0 aromatic heterocycles. The summed E-state index contributed by atoms with van der Waals surface area (Å²) in [6.45, 7) is 4.05. The van der Waals surface area contributed by atoms with Crippen molar-refractivity contribution in [1.29, 1.82) is 0 Å². The number of hydrogen-bond donors (Lipinski definition) is 1. The van der Waals surface area contributed by atoms with Crippen molar-refractivity contribution >= 4 is 29.2 Å². The number of carboxylic acid groups (broad SMARTS) is 1. The Hall–Kier alpha value is 0.0500. The second-order valence-electron chi connectivity index (χ2n) is 6.25. The van der Waals surface area contributed by atoms with Gasteiger partial charge in [0.1, 0.15) is 4.33 Å². The van der Waals surface area contributed by atoms with E-state index < -0.39 is 15.7 Å². The van der Waals surface area contributed by atoms with Crippen LogP contribution in [0, 0.1) is 16.7 Å².